The summed E-state index contributed by atoms with van der Waals surface area (Å²) in [6.45, 7) is 0. The summed E-state index contributed by atoms with van der Waals surface area (Å²) < 4.78 is 2.03. The van der Waals surface area contributed by atoms with E-state index in [2.05, 4.69) is 10.0 Å². The molecule has 6 heteroatoms. The van der Waals surface area contributed by atoms with Crippen LogP contribution in [-0.4, -0.2) is 21.5 Å². The van der Waals surface area contributed by atoms with Gasteiger partial charge in [-0.15, -0.1) is 0 Å². The second-order valence-corrected chi connectivity index (χ2v) is 5.03. The fraction of sp³-hybridized carbons (Fsp3) is 0.357. The van der Waals surface area contributed by atoms with Crippen molar-refractivity contribution >= 4 is 11.5 Å². The van der Waals surface area contributed by atoms with Gasteiger partial charge in [0.1, 0.15) is 0 Å². The van der Waals surface area contributed by atoms with Gasteiger partial charge in [0.15, 0.2) is 0 Å². The number of pyridine rings is 1. The Labute approximate surface area is 115 Å². The zero-order valence-electron chi connectivity index (χ0n) is 10.9. The number of aromatic nitrogens is 1. The Bertz CT molecular complexity index is 728. The summed E-state index contributed by atoms with van der Waals surface area (Å²) in [5.41, 5.74) is 12.6. The smallest absolute Gasteiger partial charge is 0.307 e. The first-order valence-corrected chi connectivity index (χ1v) is 6.56. The summed E-state index contributed by atoms with van der Waals surface area (Å²) in [7, 11) is 0. The van der Waals surface area contributed by atoms with Crippen molar-refractivity contribution in [2.45, 2.75) is 31.7 Å². The van der Waals surface area contributed by atoms with Crippen LogP contribution in [0.2, 0.25) is 0 Å². The van der Waals surface area contributed by atoms with E-state index in [0.717, 1.165) is 35.2 Å². The number of carboxylic acid groups (broad SMARTS) is 1. The molecule has 1 N–H and O–H groups in total. The monoisotopic (exact) mass is 270 g/mol. The molecule has 0 saturated heterocycles. The van der Waals surface area contributed by atoms with Crippen molar-refractivity contribution in [1.82, 2.24) is 4.40 Å². The highest BCUT2D eigenvalue weighted by Gasteiger charge is 2.25. The van der Waals surface area contributed by atoms with E-state index >= 15 is 0 Å². The molecule has 20 heavy (non-hydrogen) atoms. The molecular weight excluding hydrogens is 256 g/mol. The minimum absolute atomic E-state index is 0.0367. The number of nitrogens with zero attached hydrogens (tertiary/aromatic N) is 4. The number of hydrogen-bond donors (Lipinski definition) is 1. The Morgan fingerprint density at radius 2 is 2.40 bits per heavy atom. The van der Waals surface area contributed by atoms with E-state index in [0.29, 0.717) is 6.42 Å². The highest BCUT2D eigenvalue weighted by atomic mass is 16.4. The molecule has 0 aromatic carbocycles. The molecule has 3 rings (SSSR count). The van der Waals surface area contributed by atoms with Crippen molar-refractivity contribution in [3.63, 3.8) is 0 Å². The Balaban J connectivity index is 2.16. The Hall–Kier alpha value is -2.46. The van der Waals surface area contributed by atoms with Crippen LogP contribution in [-0.2, 0) is 24.1 Å². The third kappa shape index (κ3) is 2.00. The van der Waals surface area contributed by atoms with Crippen LogP contribution in [0.15, 0.2) is 29.5 Å². The van der Waals surface area contributed by atoms with E-state index in [9.17, 15) is 4.79 Å². The number of carbonyl (C=O) groups is 1. The van der Waals surface area contributed by atoms with Crippen LogP contribution in [0.3, 0.4) is 0 Å². The fourth-order valence-electron chi connectivity index (χ4n) is 3.07. The molecule has 0 spiro atoms. The first kappa shape index (κ1) is 12.6. The molecule has 102 valence electrons. The number of carboxylic acids is 1. The summed E-state index contributed by atoms with van der Waals surface area (Å²) in [4.78, 5) is 14.0. The lowest BCUT2D eigenvalue weighted by atomic mass is 9.90. The maximum absolute atomic E-state index is 11.1. The zero-order chi connectivity index (χ0) is 14.1. The predicted octanol–water partition coefficient (Wildman–Crippen LogP) is 2.73. The number of aliphatic carboxylic acids is 1. The lowest BCUT2D eigenvalue weighted by Crippen LogP contribution is -2.18. The molecule has 2 aromatic rings. The summed E-state index contributed by atoms with van der Waals surface area (Å²) in [5.74, 6) is -0.818. The number of fused-ring (bicyclic) bond motifs is 3. The van der Waals surface area contributed by atoms with Crippen molar-refractivity contribution < 1.29 is 9.90 Å². The number of rotatable bonds is 3. The molecule has 1 atom stereocenters. The minimum atomic E-state index is -0.818. The quantitative estimate of drug-likeness (QED) is 0.527. The van der Waals surface area contributed by atoms with E-state index < -0.39 is 5.97 Å². The van der Waals surface area contributed by atoms with Crippen LogP contribution in [0.5, 0.6) is 0 Å². The molecule has 0 aliphatic heterocycles. The van der Waals surface area contributed by atoms with Crippen molar-refractivity contribution in [1.29, 1.82) is 0 Å². The molecule has 0 saturated carbocycles. The van der Waals surface area contributed by atoms with Crippen LogP contribution < -0.4 is 0 Å². The maximum atomic E-state index is 11.1. The topological polar surface area (TPSA) is 90.5 Å². The predicted molar refractivity (Wildman–Crippen MR) is 73.7 cm³/mol. The largest absolute Gasteiger partial charge is 0.481 e. The van der Waals surface area contributed by atoms with Gasteiger partial charge in [0.05, 0.1) is 6.42 Å². The van der Waals surface area contributed by atoms with Crippen LogP contribution in [0.4, 0.5) is 0 Å². The molecule has 1 aliphatic rings. The molecule has 2 aromatic heterocycles. The van der Waals surface area contributed by atoms with Gasteiger partial charge in [-0.05, 0) is 48.1 Å². The van der Waals surface area contributed by atoms with E-state index in [1.54, 1.807) is 0 Å². The van der Waals surface area contributed by atoms with Gasteiger partial charge in [-0.3, -0.25) is 4.79 Å². The molecular formula is C14H14N4O2. The van der Waals surface area contributed by atoms with Gasteiger partial charge in [-0.25, -0.2) is 0 Å². The van der Waals surface area contributed by atoms with Gasteiger partial charge in [0.2, 0.25) is 0 Å². The van der Waals surface area contributed by atoms with Gasteiger partial charge in [-0.1, -0.05) is 11.2 Å². The number of azide groups is 1. The standard InChI is InChI=1S/C14H14N4O2/c15-17-16-9-4-5-10-11(8-14(19)20)12-3-1-2-6-18(12)13(10)7-9/h1-3,6,9H,4-5,7-8H2,(H,19,20). The van der Waals surface area contributed by atoms with E-state index in [4.69, 9.17) is 10.6 Å². The van der Waals surface area contributed by atoms with E-state index in [1.807, 2.05) is 28.8 Å². The van der Waals surface area contributed by atoms with Gasteiger partial charge >= 0.3 is 5.97 Å². The summed E-state index contributed by atoms with van der Waals surface area (Å²) >= 11 is 0. The zero-order valence-corrected chi connectivity index (χ0v) is 10.9. The number of hydrogen-bond acceptors (Lipinski definition) is 2. The van der Waals surface area contributed by atoms with Gasteiger partial charge < -0.3 is 9.51 Å². The first-order valence-electron chi connectivity index (χ1n) is 6.56. The van der Waals surface area contributed by atoms with E-state index in [1.165, 1.54) is 0 Å². The van der Waals surface area contributed by atoms with Crippen molar-refractivity contribution in [2.75, 3.05) is 0 Å². The van der Waals surface area contributed by atoms with Crippen LogP contribution >= 0.6 is 0 Å². The highest BCUT2D eigenvalue weighted by Crippen LogP contribution is 2.31. The summed E-state index contributed by atoms with van der Waals surface area (Å²) in [5, 5.41) is 12.9. The SMILES string of the molecule is [N-]=[N+]=NC1CCc2c(CC(=O)O)c3ccccn3c2C1. The van der Waals surface area contributed by atoms with Gasteiger partial charge in [0, 0.05) is 28.4 Å². The van der Waals surface area contributed by atoms with Crippen molar-refractivity contribution in [2.24, 2.45) is 5.11 Å². The summed E-state index contributed by atoms with van der Waals surface area (Å²) in [6.07, 6.45) is 4.20. The molecule has 1 aliphatic carbocycles. The molecule has 0 radical (unpaired) electrons. The fourth-order valence-corrected chi connectivity index (χ4v) is 3.07. The van der Waals surface area contributed by atoms with Crippen molar-refractivity contribution in [3.8, 4) is 0 Å². The van der Waals surface area contributed by atoms with Gasteiger partial charge in [-0.2, -0.15) is 0 Å². The third-order valence-electron chi connectivity index (χ3n) is 3.87. The molecule has 0 bridgehead atoms. The minimum Gasteiger partial charge on any atom is -0.481 e. The lowest BCUT2D eigenvalue weighted by Gasteiger charge is -2.19. The van der Waals surface area contributed by atoms with E-state index in [-0.39, 0.29) is 12.5 Å². The molecule has 2 heterocycles. The average Bonchev–Trinajstić information content (AvgIpc) is 2.73. The molecule has 1 unspecified atom stereocenters. The average molecular weight is 270 g/mol. The maximum Gasteiger partial charge on any atom is 0.307 e. The Morgan fingerprint density at radius 3 is 3.15 bits per heavy atom. The summed E-state index contributed by atoms with van der Waals surface area (Å²) in [6, 6.07) is 5.74. The van der Waals surface area contributed by atoms with Crippen LogP contribution in [0.1, 0.15) is 23.2 Å². The second kappa shape index (κ2) is 4.90. The van der Waals surface area contributed by atoms with Crippen LogP contribution in [0, 0.1) is 0 Å². The van der Waals surface area contributed by atoms with Gasteiger partial charge in [0.25, 0.3) is 0 Å². The highest BCUT2D eigenvalue weighted by molar-refractivity contribution is 5.76. The lowest BCUT2D eigenvalue weighted by molar-refractivity contribution is -0.136. The van der Waals surface area contributed by atoms with Crippen LogP contribution in [0.25, 0.3) is 16.0 Å². The van der Waals surface area contributed by atoms with Crippen molar-refractivity contribution in [3.05, 3.63) is 51.7 Å². The normalized spacial score (nSPS) is 17.5. The molecule has 0 fully saturated rings. The Morgan fingerprint density at radius 1 is 1.55 bits per heavy atom. The first-order chi connectivity index (χ1) is 9.70. The Kier molecular flexibility index (Phi) is 3.08. The third-order valence-corrected chi connectivity index (χ3v) is 3.87. The molecule has 0 amide bonds. The molecule has 6 nitrogen and oxygen atoms in total. The second-order valence-electron chi connectivity index (χ2n) is 5.03.